The van der Waals surface area contributed by atoms with Gasteiger partial charge in [0.15, 0.2) is 0 Å². The lowest BCUT2D eigenvalue weighted by molar-refractivity contribution is 0.316. The summed E-state index contributed by atoms with van der Waals surface area (Å²) in [5.74, 6) is 2.03. The van der Waals surface area contributed by atoms with Gasteiger partial charge in [0.2, 0.25) is 0 Å². The molecule has 152 valence electrons. The number of aromatic nitrogens is 3. The molecule has 6 nitrogen and oxygen atoms in total. The standard InChI is InChI=1S/C24H24N4O2/c1-3-12-30-19-10-11-22(26-16-19)27-23-14-21-18(15-25-23)13-20(24(29)28(21)4-2)17-8-6-5-7-9-17/h5-11,13-16H,3-4,12H2,1-2H3,(H,25,26,27). The molecule has 4 aromatic rings. The zero-order valence-corrected chi connectivity index (χ0v) is 17.1. The van der Waals surface area contributed by atoms with Crippen LogP contribution in [0.4, 0.5) is 11.6 Å². The van der Waals surface area contributed by atoms with Crippen LogP contribution in [-0.4, -0.2) is 21.1 Å². The van der Waals surface area contributed by atoms with Crippen LogP contribution in [0.15, 0.2) is 71.8 Å². The SMILES string of the molecule is CCCOc1ccc(Nc2cc3c(cn2)cc(-c2ccccc2)c(=O)n3CC)nc1. The van der Waals surface area contributed by atoms with Crippen LogP contribution in [0.5, 0.6) is 5.75 Å². The minimum absolute atomic E-state index is 0.0103. The summed E-state index contributed by atoms with van der Waals surface area (Å²) >= 11 is 0. The molecule has 0 aliphatic rings. The first-order valence-corrected chi connectivity index (χ1v) is 10.1. The van der Waals surface area contributed by atoms with E-state index in [1.807, 2.05) is 61.5 Å². The fourth-order valence-corrected chi connectivity index (χ4v) is 3.37. The molecule has 30 heavy (non-hydrogen) atoms. The highest BCUT2D eigenvalue weighted by atomic mass is 16.5. The molecular formula is C24H24N4O2. The lowest BCUT2D eigenvalue weighted by Gasteiger charge is -2.13. The Morgan fingerprint density at radius 1 is 0.967 bits per heavy atom. The highest BCUT2D eigenvalue weighted by molar-refractivity contribution is 5.85. The van der Waals surface area contributed by atoms with Crippen molar-refractivity contribution in [2.45, 2.75) is 26.8 Å². The molecule has 4 rings (SSSR count). The Morgan fingerprint density at radius 3 is 2.47 bits per heavy atom. The Bertz CT molecular complexity index is 1200. The van der Waals surface area contributed by atoms with Crippen LogP contribution in [0.3, 0.4) is 0 Å². The maximum atomic E-state index is 13.1. The summed E-state index contributed by atoms with van der Waals surface area (Å²) in [5, 5.41) is 4.12. The van der Waals surface area contributed by atoms with Crippen molar-refractivity contribution in [3.63, 3.8) is 0 Å². The molecule has 0 radical (unpaired) electrons. The molecule has 0 aliphatic carbocycles. The van der Waals surface area contributed by atoms with E-state index in [4.69, 9.17) is 4.74 Å². The topological polar surface area (TPSA) is 69.0 Å². The number of benzene rings is 1. The molecule has 0 saturated carbocycles. The fraction of sp³-hybridized carbons (Fsp3) is 0.208. The Hall–Kier alpha value is -3.67. The van der Waals surface area contributed by atoms with Crippen LogP contribution in [0.1, 0.15) is 20.3 Å². The highest BCUT2D eigenvalue weighted by Gasteiger charge is 2.11. The first kappa shape index (κ1) is 19.6. The number of rotatable bonds is 7. The Morgan fingerprint density at radius 2 is 1.77 bits per heavy atom. The largest absolute Gasteiger partial charge is 0.492 e. The quantitative estimate of drug-likeness (QED) is 0.472. The molecule has 6 heteroatoms. The predicted molar refractivity (Wildman–Crippen MR) is 120 cm³/mol. The van der Waals surface area contributed by atoms with Crippen molar-refractivity contribution in [2.75, 3.05) is 11.9 Å². The van der Waals surface area contributed by atoms with E-state index in [9.17, 15) is 4.79 Å². The monoisotopic (exact) mass is 400 g/mol. The van der Waals surface area contributed by atoms with Crippen molar-refractivity contribution < 1.29 is 4.74 Å². The van der Waals surface area contributed by atoms with E-state index in [2.05, 4.69) is 22.2 Å². The molecular weight excluding hydrogens is 376 g/mol. The number of hydrogen-bond donors (Lipinski definition) is 1. The number of nitrogens with one attached hydrogen (secondary N) is 1. The third kappa shape index (κ3) is 4.03. The van der Waals surface area contributed by atoms with Crippen LogP contribution in [0, 0.1) is 0 Å². The van der Waals surface area contributed by atoms with E-state index in [1.165, 1.54) is 0 Å². The number of pyridine rings is 3. The van der Waals surface area contributed by atoms with E-state index in [0.717, 1.165) is 28.6 Å². The lowest BCUT2D eigenvalue weighted by atomic mass is 10.1. The molecule has 0 fully saturated rings. The van der Waals surface area contributed by atoms with E-state index in [1.54, 1.807) is 17.0 Å². The summed E-state index contributed by atoms with van der Waals surface area (Å²) in [4.78, 5) is 22.0. The van der Waals surface area contributed by atoms with Crippen molar-refractivity contribution in [3.05, 3.63) is 77.3 Å². The van der Waals surface area contributed by atoms with Gasteiger partial charge >= 0.3 is 0 Å². The normalized spacial score (nSPS) is 10.9. The average Bonchev–Trinajstić information content (AvgIpc) is 2.79. The number of nitrogens with zero attached hydrogens (tertiary/aromatic N) is 3. The number of fused-ring (bicyclic) bond motifs is 1. The molecule has 1 N–H and O–H groups in total. The Balaban J connectivity index is 1.68. The second-order valence-electron chi connectivity index (χ2n) is 6.95. The Labute approximate surface area is 175 Å². The number of ether oxygens (including phenoxy) is 1. The minimum Gasteiger partial charge on any atom is -0.492 e. The molecule has 0 bridgehead atoms. The molecule has 3 heterocycles. The Kier molecular flexibility index (Phi) is 5.75. The molecule has 0 unspecified atom stereocenters. The zero-order chi connectivity index (χ0) is 20.9. The van der Waals surface area contributed by atoms with Crippen LogP contribution in [0.25, 0.3) is 22.0 Å². The molecule has 0 saturated heterocycles. The lowest BCUT2D eigenvalue weighted by Crippen LogP contribution is -2.21. The number of aryl methyl sites for hydroxylation is 1. The van der Waals surface area contributed by atoms with Crippen LogP contribution in [0.2, 0.25) is 0 Å². The van der Waals surface area contributed by atoms with E-state index in [-0.39, 0.29) is 5.56 Å². The highest BCUT2D eigenvalue weighted by Crippen LogP contribution is 2.24. The van der Waals surface area contributed by atoms with Crippen molar-refractivity contribution in [3.8, 4) is 16.9 Å². The third-order valence-corrected chi connectivity index (χ3v) is 4.84. The van der Waals surface area contributed by atoms with Gasteiger partial charge in [-0.3, -0.25) is 4.79 Å². The summed E-state index contributed by atoms with van der Waals surface area (Å²) < 4.78 is 7.34. The predicted octanol–water partition coefficient (Wildman–Crippen LogP) is 5.01. The van der Waals surface area contributed by atoms with Crippen LogP contribution >= 0.6 is 0 Å². The smallest absolute Gasteiger partial charge is 0.258 e. The van der Waals surface area contributed by atoms with Gasteiger partial charge in [0.25, 0.3) is 5.56 Å². The van der Waals surface area contributed by atoms with Crippen molar-refractivity contribution in [2.24, 2.45) is 0 Å². The van der Waals surface area contributed by atoms with Gasteiger partial charge in [0, 0.05) is 29.8 Å². The van der Waals surface area contributed by atoms with Gasteiger partial charge < -0.3 is 14.6 Å². The number of hydrogen-bond acceptors (Lipinski definition) is 5. The molecule has 3 aromatic heterocycles. The summed E-state index contributed by atoms with van der Waals surface area (Å²) in [6.07, 6.45) is 4.42. The fourth-order valence-electron chi connectivity index (χ4n) is 3.37. The first-order valence-electron chi connectivity index (χ1n) is 10.1. The maximum absolute atomic E-state index is 13.1. The van der Waals surface area contributed by atoms with Crippen molar-refractivity contribution >= 4 is 22.5 Å². The molecule has 1 aromatic carbocycles. The van der Waals surface area contributed by atoms with Gasteiger partial charge in [-0.1, -0.05) is 37.3 Å². The molecule has 0 spiro atoms. The maximum Gasteiger partial charge on any atom is 0.258 e. The summed E-state index contributed by atoms with van der Waals surface area (Å²) in [5.41, 5.74) is 2.41. The van der Waals surface area contributed by atoms with Crippen LogP contribution < -0.4 is 15.6 Å². The van der Waals surface area contributed by atoms with E-state index < -0.39 is 0 Å². The van der Waals surface area contributed by atoms with Gasteiger partial charge in [-0.15, -0.1) is 0 Å². The van der Waals surface area contributed by atoms with Crippen molar-refractivity contribution in [1.29, 1.82) is 0 Å². The zero-order valence-electron chi connectivity index (χ0n) is 17.1. The third-order valence-electron chi connectivity index (χ3n) is 4.84. The van der Waals surface area contributed by atoms with Gasteiger partial charge in [-0.2, -0.15) is 0 Å². The van der Waals surface area contributed by atoms with Crippen molar-refractivity contribution in [1.82, 2.24) is 14.5 Å². The van der Waals surface area contributed by atoms with Gasteiger partial charge in [0.05, 0.1) is 18.3 Å². The van der Waals surface area contributed by atoms with Gasteiger partial charge in [0.1, 0.15) is 17.4 Å². The van der Waals surface area contributed by atoms with E-state index in [0.29, 0.717) is 30.4 Å². The first-order chi connectivity index (χ1) is 14.7. The minimum atomic E-state index is -0.0103. The van der Waals surface area contributed by atoms with Gasteiger partial charge in [-0.25, -0.2) is 9.97 Å². The summed E-state index contributed by atoms with van der Waals surface area (Å²) in [6, 6.07) is 17.2. The second-order valence-corrected chi connectivity index (χ2v) is 6.95. The average molecular weight is 400 g/mol. The number of anilines is 2. The van der Waals surface area contributed by atoms with E-state index >= 15 is 0 Å². The molecule has 0 atom stereocenters. The summed E-state index contributed by atoms with van der Waals surface area (Å²) in [6.45, 7) is 5.27. The molecule has 0 amide bonds. The van der Waals surface area contributed by atoms with Gasteiger partial charge in [-0.05, 0) is 37.1 Å². The molecule has 0 aliphatic heterocycles. The second kappa shape index (κ2) is 8.78. The summed E-state index contributed by atoms with van der Waals surface area (Å²) in [7, 11) is 0. The van der Waals surface area contributed by atoms with Crippen LogP contribution in [-0.2, 0) is 6.54 Å².